The van der Waals surface area contributed by atoms with Crippen molar-refractivity contribution in [3.8, 4) is 0 Å². The second-order valence-corrected chi connectivity index (χ2v) is 5.39. The van der Waals surface area contributed by atoms with E-state index in [1.807, 2.05) is 0 Å². The average molecular weight is 198 g/mol. The van der Waals surface area contributed by atoms with Crippen LogP contribution >= 0.6 is 0 Å². The lowest BCUT2D eigenvalue weighted by atomic mass is 9.77. The van der Waals surface area contributed by atoms with E-state index in [0.29, 0.717) is 11.8 Å². The summed E-state index contributed by atoms with van der Waals surface area (Å²) in [5.41, 5.74) is 0. The maximum Gasteiger partial charge on any atom is 0.0570 e. The summed E-state index contributed by atoms with van der Waals surface area (Å²) in [6, 6.07) is 0. The maximum atomic E-state index is 10.0. The summed E-state index contributed by atoms with van der Waals surface area (Å²) in [5, 5.41) is 10.0. The lowest BCUT2D eigenvalue weighted by molar-refractivity contribution is 0.0567. The van der Waals surface area contributed by atoms with Gasteiger partial charge in [-0.1, -0.05) is 40.0 Å². The van der Waals surface area contributed by atoms with E-state index >= 15 is 0 Å². The zero-order valence-corrected chi connectivity index (χ0v) is 10.00. The highest BCUT2D eigenvalue weighted by atomic mass is 16.3. The maximum absolute atomic E-state index is 10.0. The Morgan fingerprint density at radius 2 is 1.71 bits per heavy atom. The molecule has 1 atom stereocenters. The average Bonchev–Trinajstić information content (AvgIpc) is 2.17. The van der Waals surface area contributed by atoms with Crippen LogP contribution in [0.3, 0.4) is 0 Å². The Labute approximate surface area is 88.9 Å². The van der Waals surface area contributed by atoms with Crippen molar-refractivity contribution in [2.45, 2.75) is 65.4 Å². The van der Waals surface area contributed by atoms with Gasteiger partial charge in [0.05, 0.1) is 6.10 Å². The van der Waals surface area contributed by atoms with E-state index in [1.54, 1.807) is 0 Å². The molecule has 0 spiro atoms. The molecule has 1 fully saturated rings. The molecule has 0 bridgehead atoms. The van der Waals surface area contributed by atoms with Gasteiger partial charge in [0.15, 0.2) is 0 Å². The Hall–Kier alpha value is -0.0400. The number of rotatable bonds is 4. The Balaban J connectivity index is 2.26. The Morgan fingerprint density at radius 1 is 1.14 bits per heavy atom. The van der Waals surface area contributed by atoms with Crippen LogP contribution in [-0.4, -0.2) is 11.2 Å². The number of hydrogen-bond acceptors (Lipinski definition) is 1. The lowest BCUT2D eigenvalue weighted by Gasteiger charge is -2.31. The van der Waals surface area contributed by atoms with Crippen LogP contribution in [0.4, 0.5) is 0 Å². The van der Waals surface area contributed by atoms with Crippen molar-refractivity contribution in [1.82, 2.24) is 0 Å². The SMILES string of the molecule is CCC1CCC(C(O)CC(C)C)CC1. The molecule has 0 amide bonds. The lowest BCUT2D eigenvalue weighted by Crippen LogP contribution is -2.26. The highest BCUT2D eigenvalue weighted by Gasteiger charge is 2.25. The second-order valence-electron chi connectivity index (χ2n) is 5.39. The van der Waals surface area contributed by atoms with Gasteiger partial charge in [0, 0.05) is 0 Å². The first kappa shape index (κ1) is 12.0. The van der Waals surface area contributed by atoms with Gasteiger partial charge in [-0.2, -0.15) is 0 Å². The van der Waals surface area contributed by atoms with Crippen LogP contribution in [-0.2, 0) is 0 Å². The van der Waals surface area contributed by atoms with Gasteiger partial charge in [-0.05, 0) is 37.0 Å². The van der Waals surface area contributed by atoms with Crippen molar-refractivity contribution in [2.75, 3.05) is 0 Å². The predicted octanol–water partition coefficient (Wildman–Crippen LogP) is 3.61. The molecular formula is C13H26O. The highest BCUT2D eigenvalue weighted by molar-refractivity contribution is 4.77. The molecule has 14 heavy (non-hydrogen) atoms. The van der Waals surface area contributed by atoms with Crippen molar-refractivity contribution < 1.29 is 5.11 Å². The first-order chi connectivity index (χ1) is 6.63. The van der Waals surface area contributed by atoms with Gasteiger partial charge in [0.2, 0.25) is 0 Å². The quantitative estimate of drug-likeness (QED) is 0.731. The van der Waals surface area contributed by atoms with Gasteiger partial charge in [-0.3, -0.25) is 0 Å². The topological polar surface area (TPSA) is 20.2 Å². The van der Waals surface area contributed by atoms with Crippen LogP contribution in [0.15, 0.2) is 0 Å². The van der Waals surface area contributed by atoms with E-state index in [2.05, 4.69) is 20.8 Å². The summed E-state index contributed by atoms with van der Waals surface area (Å²) in [6.45, 7) is 6.68. The Morgan fingerprint density at radius 3 is 2.14 bits per heavy atom. The van der Waals surface area contributed by atoms with E-state index in [9.17, 15) is 5.11 Å². The molecule has 0 aliphatic heterocycles. The van der Waals surface area contributed by atoms with E-state index in [0.717, 1.165) is 12.3 Å². The molecule has 0 aromatic rings. The first-order valence-electron chi connectivity index (χ1n) is 6.31. The summed E-state index contributed by atoms with van der Waals surface area (Å²) < 4.78 is 0. The molecule has 0 aromatic carbocycles. The van der Waals surface area contributed by atoms with E-state index < -0.39 is 0 Å². The molecule has 0 saturated heterocycles. The van der Waals surface area contributed by atoms with E-state index in [4.69, 9.17) is 0 Å². The molecule has 1 rings (SSSR count). The van der Waals surface area contributed by atoms with E-state index in [1.165, 1.54) is 32.1 Å². The largest absolute Gasteiger partial charge is 0.393 e. The summed E-state index contributed by atoms with van der Waals surface area (Å²) in [7, 11) is 0. The fourth-order valence-electron chi connectivity index (χ4n) is 2.66. The number of hydrogen-bond donors (Lipinski definition) is 1. The van der Waals surface area contributed by atoms with Crippen molar-refractivity contribution >= 4 is 0 Å². The zero-order valence-electron chi connectivity index (χ0n) is 10.00. The third-order valence-electron chi connectivity index (χ3n) is 3.73. The summed E-state index contributed by atoms with van der Waals surface area (Å²) in [5.74, 6) is 2.17. The monoisotopic (exact) mass is 198 g/mol. The molecule has 1 nitrogen and oxygen atoms in total. The van der Waals surface area contributed by atoms with Crippen LogP contribution in [0, 0.1) is 17.8 Å². The molecular weight excluding hydrogens is 172 g/mol. The van der Waals surface area contributed by atoms with Crippen molar-refractivity contribution in [3.05, 3.63) is 0 Å². The minimum absolute atomic E-state index is 0.0344. The molecule has 0 heterocycles. The highest BCUT2D eigenvalue weighted by Crippen LogP contribution is 2.33. The fraction of sp³-hybridized carbons (Fsp3) is 1.00. The molecule has 1 aliphatic rings. The molecule has 1 heteroatoms. The predicted molar refractivity (Wildman–Crippen MR) is 61.2 cm³/mol. The van der Waals surface area contributed by atoms with Crippen molar-refractivity contribution in [1.29, 1.82) is 0 Å². The normalized spacial score (nSPS) is 30.6. The third-order valence-corrected chi connectivity index (χ3v) is 3.73. The minimum atomic E-state index is -0.0344. The summed E-state index contributed by atoms with van der Waals surface area (Å²) in [6.07, 6.45) is 7.48. The molecule has 1 N–H and O–H groups in total. The molecule has 1 unspecified atom stereocenters. The van der Waals surface area contributed by atoms with Crippen LogP contribution in [0.2, 0.25) is 0 Å². The van der Waals surface area contributed by atoms with Gasteiger partial charge in [0.25, 0.3) is 0 Å². The van der Waals surface area contributed by atoms with Gasteiger partial charge < -0.3 is 5.11 Å². The number of aliphatic hydroxyl groups excluding tert-OH is 1. The minimum Gasteiger partial charge on any atom is -0.393 e. The third kappa shape index (κ3) is 3.61. The van der Waals surface area contributed by atoms with Crippen LogP contribution in [0.5, 0.6) is 0 Å². The van der Waals surface area contributed by atoms with Crippen molar-refractivity contribution in [2.24, 2.45) is 17.8 Å². The van der Waals surface area contributed by atoms with Gasteiger partial charge in [-0.25, -0.2) is 0 Å². The first-order valence-corrected chi connectivity index (χ1v) is 6.31. The van der Waals surface area contributed by atoms with Gasteiger partial charge in [-0.15, -0.1) is 0 Å². The van der Waals surface area contributed by atoms with Crippen LogP contribution in [0.1, 0.15) is 59.3 Å². The van der Waals surface area contributed by atoms with Crippen molar-refractivity contribution in [3.63, 3.8) is 0 Å². The van der Waals surface area contributed by atoms with Crippen LogP contribution < -0.4 is 0 Å². The Bertz CT molecular complexity index is 145. The molecule has 84 valence electrons. The molecule has 1 saturated carbocycles. The van der Waals surface area contributed by atoms with Crippen LogP contribution in [0.25, 0.3) is 0 Å². The number of aliphatic hydroxyl groups is 1. The fourth-order valence-corrected chi connectivity index (χ4v) is 2.66. The second kappa shape index (κ2) is 5.75. The molecule has 1 aliphatic carbocycles. The molecule has 0 aromatic heterocycles. The van der Waals surface area contributed by atoms with Gasteiger partial charge >= 0.3 is 0 Å². The Kier molecular flexibility index (Phi) is 4.94. The zero-order chi connectivity index (χ0) is 10.6. The summed E-state index contributed by atoms with van der Waals surface area (Å²) >= 11 is 0. The smallest absolute Gasteiger partial charge is 0.0570 e. The van der Waals surface area contributed by atoms with Gasteiger partial charge in [0.1, 0.15) is 0 Å². The molecule has 0 radical (unpaired) electrons. The summed E-state index contributed by atoms with van der Waals surface area (Å²) in [4.78, 5) is 0. The standard InChI is InChI=1S/C13H26O/c1-4-11-5-7-12(8-6-11)13(14)9-10(2)3/h10-14H,4-9H2,1-3H3. The van der Waals surface area contributed by atoms with E-state index in [-0.39, 0.29) is 6.10 Å².